The van der Waals surface area contributed by atoms with E-state index in [-0.39, 0.29) is 5.75 Å². The van der Waals surface area contributed by atoms with Crippen LogP contribution in [-0.2, 0) is 9.84 Å². The van der Waals surface area contributed by atoms with Crippen molar-refractivity contribution in [3.63, 3.8) is 0 Å². The highest BCUT2D eigenvalue weighted by Gasteiger charge is 2.31. The molecule has 1 atom stereocenters. The van der Waals surface area contributed by atoms with Crippen LogP contribution in [-0.4, -0.2) is 56.0 Å². The van der Waals surface area contributed by atoms with Crippen molar-refractivity contribution in [2.45, 2.75) is 45.4 Å². The summed E-state index contributed by atoms with van der Waals surface area (Å²) in [5.74, 6) is 0.815. The maximum Gasteiger partial charge on any atom is 0.156 e. The average Bonchev–Trinajstić information content (AvgIpc) is 2.25. The lowest BCUT2D eigenvalue weighted by Gasteiger charge is -2.39. The largest absolute Gasteiger partial charge is 0.314 e. The third-order valence-corrected chi connectivity index (χ3v) is 6.33. The Labute approximate surface area is 112 Å². The fourth-order valence-corrected chi connectivity index (χ4v) is 3.33. The second-order valence-electron chi connectivity index (χ2n) is 6.48. The van der Waals surface area contributed by atoms with Crippen LogP contribution in [0, 0.1) is 5.92 Å². The van der Waals surface area contributed by atoms with E-state index in [9.17, 15) is 8.42 Å². The van der Waals surface area contributed by atoms with E-state index < -0.39 is 14.6 Å². The van der Waals surface area contributed by atoms with E-state index in [0.717, 1.165) is 19.6 Å². The van der Waals surface area contributed by atoms with Gasteiger partial charge in [0.25, 0.3) is 0 Å². The minimum atomic E-state index is -3.01. The first kappa shape index (κ1) is 15.9. The molecular formula is C13H28N2O2S. The van der Waals surface area contributed by atoms with Crippen molar-refractivity contribution in [1.82, 2.24) is 10.2 Å². The maximum absolute atomic E-state index is 12.1. The zero-order valence-corrected chi connectivity index (χ0v) is 13.2. The van der Waals surface area contributed by atoms with Gasteiger partial charge >= 0.3 is 0 Å². The topological polar surface area (TPSA) is 49.4 Å². The number of nitrogens with zero attached hydrogens (tertiary/aromatic N) is 1. The van der Waals surface area contributed by atoms with Crippen LogP contribution < -0.4 is 5.32 Å². The van der Waals surface area contributed by atoms with Gasteiger partial charge in [0, 0.05) is 32.2 Å². The van der Waals surface area contributed by atoms with Gasteiger partial charge in [-0.05, 0) is 26.7 Å². The molecule has 1 aliphatic heterocycles. The first-order chi connectivity index (χ1) is 8.15. The first-order valence-electron chi connectivity index (χ1n) is 6.82. The minimum Gasteiger partial charge on any atom is -0.314 e. The summed E-state index contributed by atoms with van der Waals surface area (Å²) in [4.78, 5) is 2.32. The van der Waals surface area contributed by atoms with Gasteiger partial charge < -0.3 is 5.32 Å². The molecule has 5 heteroatoms. The zero-order chi connectivity index (χ0) is 14.0. The second kappa shape index (κ2) is 5.88. The van der Waals surface area contributed by atoms with Gasteiger partial charge in [0.15, 0.2) is 9.84 Å². The molecule has 0 aromatic heterocycles. The smallest absolute Gasteiger partial charge is 0.156 e. The molecule has 0 aliphatic carbocycles. The summed E-state index contributed by atoms with van der Waals surface area (Å²) in [6, 6.07) is 0.453. The van der Waals surface area contributed by atoms with E-state index in [2.05, 4.69) is 24.1 Å². The molecule has 18 heavy (non-hydrogen) atoms. The molecule has 0 amide bonds. The molecule has 1 unspecified atom stereocenters. The van der Waals surface area contributed by atoms with Crippen LogP contribution in [0.4, 0.5) is 0 Å². The lowest BCUT2D eigenvalue weighted by molar-refractivity contribution is 0.132. The highest BCUT2D eigenvalue weighted by molar-refractivity contribution is 7.92. The summed E-state index contributed by atoms with van der Waals surface area (Å²) in [6.45, 7) is 13.3. The van der Waals surface area contributed by atoms with E-state index in [0.29, 0.717) is 18.5 Å². The third kappa shape index (κ3) is 3.93. The number of hydrogen-bond donors (Lipinski definition) is 1. The number of nitrogens with one attached hydrogen (secondary N) is 1. The molecule has 0 aromatic rings. The Morgan fingerprint density at radius 3 is 2.44 bits per heavy atom. The molecule has 1 rings (SSSR count). The van der Waals surface area contributed by atoms with E-state index in [1.165, 1.54) is 0 Å². The predicted molar refractivity (Wildman–Crippen MR) is 76.6 cm³/mol. The van der Waals surface area contributed by atoms with Gasteiger partial charge in [0.05, 0.1) is 10.5 Å². The van der Waals surface area contributed by atoms with Crippen LogP contribution in [0.25, 0.3) is 0 Å². The molecule has 1 N–H and O–H groups in total. The molecule has 0 saturated carbocycles. The standard InChI is InChI=1S/C13H28N2O2S/c1-11(2)12-10-14-6-7-15(12)8-9-18(16,17)13(3,4)5/h11-12,14H,6-10H2,1-5H3. The van der Waals surface area contributed by atoms with E-state index in [4.69, 9.17) is 0 Å². The van der Waals surface area contributed by atoms with E-state index in [1.54, 1.807) is 20.8 Å². The molecule has 0 spiro atoms. The molecule has 0 aromatic carbocycles. The lowest BCUT2D eigenvalue weighted by Crippen LogP contribution is -2.54. The summed E-state index contributed by atoms with van der Waals surface area (Å²) in [5.41, 5.74) is 0. The van der Waals surface area contributed by atoms with Crippen molar-refractivity contribution in [3.8, 4) is 0 Å². The number of hydrogen-bond acceptors (Lipinski definition) is 4. The number of rotatable bonds is 4. The van der Waals surface area contributed by atoms with Crippen LogP contribution in [0.5, 0.6) is 0 Å². The monoisotopic (exact) mass is 276 g/mol. The minimum absolute atomic E-state index is 0.264. The highest BCUT2D eigenvalue weighted by Crippen LogP contribution is 2.18. The molecule has 1 saturated heterocycles. The van der Waals surface area contributed by atoms with E-state index in [1.807, 2.05) is 0 Å². The predicted octanol–water partition coefficient (Wildman–Crippen LogP) is 1.13. The maximum atomic E-state index is 12.1. The lowest BCUT2D eigenvalue weighted by atomic mass is 10.0. The van der Waals surface area contributed by atoms with Crippen molar-refractivity contribution in [2.75, 3.05) is 31.9 Å². The first-order valence-corrected chi connectivity index (χ1v) is 8.47. The molecule has 0 bridgehead atoms. The highest BCUT2D eigenvalue weighted by atomic mass is 32.2. The number of sulfone groups is 1. The molecular weight excluding hydrogens is 248 g/mol. The SMILES string of the molecule is CC(C)C1CNCCN1CCS(=O)(=O)C(C)(C)C. The molecule has 1 heterocycles. The summed E-state index contributed by atoms with van der Waals surface area (Å²) >= 11 is 0. The van der Waals surface area contributed by atoms with Gasteiger partial charge in [-0.3, -0.25) is 4.90 Å². The van der Waals surface area contributed by atoms with Crippen molar-refractivity contribution in [3.05, 3.63) is 0 Å². The van der Waals surface area contributed by atoms with Crippen LogP contribution >= 0.6 is 0 Å². The molecule has 1 aliphatic rings. The Kier molecular flexibility index (Phi) is 5.21. The molecule has 0 radical (unpaired) electrons. The van der Waals surface area contributed by atoms with Gasteiger partial charge in [0.1, 0.15) is 0 Å². The second-order valence-corrected chi connectivity index (χ2v) is 9.35. The summed E-state index contributed by atoms with van der Waals surface area (Å²) < 4.78 is 23.6. The van der Waals surface area contributed by atoms with Gasteiger partial charge in [-0.15, -0.1) is 0 Å². The normalized spacial score (nSPS) is 23.6. The summed E-state index contributed by atoms with van der Waals surface area (Å²) in [7, 11) is -3.01. The molecule has 108 valence electrons. The van der Waals surface area contributed by atoms with Gasteiger partial charge in [0.2, 0.25) is 0 Å². The van der Waals surface area contributed by atoms with Crippen LogP contribution in [0.2, 0.25) is 0 Å². The summed E-state index contributed by atoms with van der Waals surface area (Å²) in [5, 5.41) is 3.38. The molecule has 1 fully saturated rings. The Bertz CT molecular complexity index is 358. The van der Waals surface area contributed by atoms with E-state index >= 15 is 0 Å². The molecule has 4 nitrogen and oxygen atoms in total. The van der Waals surface area contributed by atoms with Crippen molar-refractivity contribution < 1.29 is 8.42 Å². The fraction of sp³-hybridized carbons (Fsp3) is 1.00. The van der Waals surface area contributed by atoms with Crippen molar-refractivity contribution in [2.24, 2.45) is 5.92 Å². The van der Waals surface area contributed by atoms with Crippen LogP contribution in [0.1, 0.15) is 34.6 Å². The zero-order valence-electron chi connectivity index (χ0n) is 12.4. The van der Waals surface area contributed by atoms with Gasteiger partial charge in [-0.1, -0.05) is 13.8 Å². The Hall–Kier alpha value is -0.130. The third-order valence-electron chi connectivity index (χ3n) is 3.75. The van der Waals surface area contributed by atoms with Crippen LogP contribution in [0.3, 0.4) is 0 Å². The van der Waals surface area contributed by atoms with Gasteiger partial charge in [-0.2, -0.15) is 0 Å². The van der Waals surface area contributed by atoms with Crippen molar-refractivity contribution >= 4 is 9.84 Å². The van der Waals surface area contributed by atoms with Crippen molar-refractivity contribution in [1.29, 1.82) is 0 Å². The number of piperazine rings is 1. The summed E-state index contributed by atoms with van der Waals surface area (Å²) in [6.07, 6.45) is 0. The quantitative estimate of drug-likeness (QED) is 0.836. The van der Waals surface area contributed by atoms with Crippen LogP contribution in [0.15, 0.2) is 0 Å². The Balaban J connectivity index is 2.62. The Morgan fingerprint density at radius 2 is 1.94 bits per heavy atom. The average molecular weight is 276 g/mol. The Morgan fingerprint density at radius 1 is 1.33 bits per heavy atom. The van der Waals surface area contributed by atoms with Gasteiger partial charge in [-0.25, -0.2) is 8.42 Å². The fourth-order valence-electron chi connectivity index (χ4n) is 2.25.